The van der Waals surface area contributed by atoms with Crippen molar-refractivity contribution in [1.82, 2.24) is 25.2 Å². The van der Waals surface area contributed by atoms with Crippen molar-refractivity contribution >= 4 is 21.8 Å². The molecule has 0 saturated heterocycles. The van der Waals surface area contributed by atoms with E-state index in [-0.39, 0.29) is 23.6 Å². The summed E-state index contributed by atoms with van der Waals surface area (Å²) < 4.78 is 34.7. The number of hydrogen-bond donors (Lipinski definition) is 1. The summed E-state index contributed by atoms with van der Waals surface area (Å²) in [5.74, 6) is -2.00. The van der Waals surface area contributed by atoms with E-state index in [9.17, 15) is 13.6 Å². The lowest BCUT2D eigenvalue weighted by molar-refractivity contribution is 0.0938. The van der Waals surface area contributed by atoms with Gasteiger partial charge in [-0.15, -0.1) is 0 Å². The number of carbonyl (C=O) groups is 1. The van der Waals surface area contributed by atoms with Crippen molar-refractivity contribution in [3.63, 3.8) is 0 Å². The standard InChI is InChI=1S/C23H20BrF2N5O2/c1-13-4-7-20(29-21(13)24)23(2,14-10-28-31(3)11-14)12-27-22(32)18-9-19(33-30-18)16-6-5-15(25)8-17(16)26/h4-11H,12H2,1-3H3,(H,27,32). The molecule has 0 aliphatic rings. The van der Waals surface area contributed by atoms with Gasteiger partial charge in [-0.3, -0.25) is 9.48 Å². The van der Waals surface area contributed by atoms with E-state index in [0.29, 0.717) is 4.60 Å². The van der Waals surface area contributed by atoms with Crippen molar-refractivity contribution < 1.29 is 18.1 Å². The van der Waals surface area contributed by atoms with Crippen LogP contribution < -0.4 is 5.32 Å². The van der Waals surface area contributed by atoms with Crippen LogP contribution in [0.25, 0.3) is 11.3 Å². The van der Waals surface area contributed by atoms with Crippen molar-refractivity contribution in [1.29, 1.82) is 0 Å². The normalized spacial score (nSPS) is 13.0. The summed E-state index contributed by atoms with van der Waals surface area (Å²) in [6.45, 7) is 4.08. The average molecular weight is 516 g/mol. The highest BCUT2D eigenvalue weighted by molar-refractivity contribution is 9.10. The molecule has 3 heterocycles. The van der Waals surface area contributed by atoms with Crippen LogP contribution in [0.15, 0.2) is 57.9 Å². The van der Waals surface area contributed by atoms with Gasteiger partial charge in [0, 0.05) is 37.5 Å². The van der Waals surface area contributed by atoms with Gasteiger partial charge in [0.1, 0.15) is 16.2 Å². The summed E-state index contributed by atoms with van der Waals surface area (Å²) in [7, 11) is 1.81. The minimum absolute atomic E-state index is 0.0110. The largest absolute Gasteiger partial charge is 0.355 e. The van der Waals surface area contributed by atoms with Crippen molar-refractivity contribution in [2.75, 3.05) is 6.54 Å². The molecule has 0 saturated carbocycles. The van der Waals surface area contributed by atoms with Crippen LogP contribution in [0, 0.1) is 18.6 Å². The van der Waals surface area contributed by atoms with Crippen LogP contribution in [0.3, 0.4) is 0 Å². The number of hydrogen-bond acceptors (Lipinski definition) is 5. The fraction of sp³-hybridized carbons (Fsp3) is 0.217. The Labute approximate surface area is 196 Å². The lowest BCUT2D eigenvalue weighted by Gasteiger charge is -2.28. The topological polar surface area (TPSA) is 85.8 Å². The molecule has 1 N–H and O–H groups in total. The molecule has 1 unspecified atom stereocenters. The second-order valence-electron chi connectivity index (χ2n) is 7.92. The van der Waals surface area contributed by atoms with Crippen molar-refractivity contribution in [3.8, 4) is 11.3 Å². The number of pyridine rings is 1. The van der Waals surface area contributed by atoms with Crippen molar-refractivity contribution in [3.05, 3.63) is 87.5 Å². The molecule has 3 aromatic heterocycles. The minimum Gasteiger partial charge on any atom is -0.355 e. The molecule has 1 aromatic carbocycles. The monoisotopic (exact) mass is 515 g/mol. The summed E-state index contributed by atoms with van der Waals surface area (Å²) >= 11 is 3.47. The van der Waals surface area contributed by atoms with Gasteiger partial charge in [0.25, 0.3) is 5.91 Å². The molecule has 7 nitrogen and oxygen atoms in total. The number of nitrogens with zero attached hydrogens (tertiary/aromatic N) is 4. The van der Waals surface area contributed by atoms with Gasteiger partial charge in [-0.05, 0) is 53.5 Å². The number of benzene rings is 1. The van der Waals surface area contributed by atoms with Crippen LogP contribution in [-0.2, 0) is 12.5 Å². The summed E-state index contributed by atoms with van der Waals surface area (Å²) in [4.78, 5) is 17.5. The highest BCUT2D eigenvalue weighted by Crippen LogP contribution is 2.32. The highest BCUT2D eigenvalue weighted by Gasteiger charge is 2.33. The second kappa shape index (κ2) is 8.86. The Hall–Kier alpha value is -3.40. The number of carbonyl (C=O) groups excluding carboxylic acids is 1. The van der Waals surface area contributed by atoms with Gasteiger partial charge in [0.2, 0.25) is 0 Å². The Balaban J connectivity index is 1.59. The lowest BCUT2D eigenvalue weighted by atomic mass is 9.80. The van der Waals surface area contributed by atoms with Crippen molar-refractivity contribution in [2.45, 2.75) is 19.3 Å². The summed E-state index contributed by atoms with van der Waals surface area (Å²) in [6, 6.07) is 8.24. The molecule has 0 spiro atoms. The molecule has 4 rings (SSSR count). The molecular formula is C23H20BrF2N5O2. The molecule has 0 bridgehead atoms. The Kier molecular flexibility index (Phi) is 6.11. The fourth-order valence-corrected chi connectivity index (χ4v) is 3.73. The van der Waals surface area contributed by atoms with Crippen molar-refractivity contribution in [2.24, 2.45) is 7.05 Å². The van der Waals surface area contributed by atoms with Crippen LogP contribution in [0.2, 0.25) is 0 Å². The van der Waals surface area contributed by atoms with E-state index in [2.05, 4.69) is 36.5 Å². The van der Waals surface area contributed by atoms with Gasteiger partial charge in [-0.1, -0.05) is 11.2 Å². The Morgan fingerprint density at radius 3 is 2.70 bits per heavy atom. The van der Waals surface area contributed by atoms with Gasteiger partial charge in [-0.25, -0.2) is 13.8 Å². The Bertz CT molecular complexity index is 1340. The number of aryl methyl sites for hydroxylation is 2. The zero-order chi connectivity index (χ0) is 23.8. The quantitative estimate of drug-likeness (QED) is 0.380. The van der Waals surface area contributed by atoms with Crippen LogP contribution in [0.5, 0.6) is 0 Å². The minimum atomic E-state index is -0.807. The average Bonchev–Trinajstić information content (AvgIpc) is 3.43. The van der Waals surface area contributed by atoms with Crippen LogP contribution in [-0.4, -0.2) is 32.4 Å². The van der Waals surface area contributed by atoms with E-state index in [1.54, 1.807) is 10.9 Å². The smallest absolute Gasteiger partial charge is 0.273 e. The first-order chi connectivity index (χ1) is 15.7. The SMILES string of the molecule is Cc1ccc(C(C)(CNC(=O)c2cc(-c3ccc(F)cc3F)on2)c2cnn(C)c2)nc1Br. The van der Waals surface area contributed by atoms with E-state index in [0.717, 1.165) is 29.0 Å². The first kappa shape index (κ1) is 22.8. The Morgan fingerprint density at radius 1 is 1.24 bits per heavy atom. The van der Waals surface area contributed by atoms with Gasteiger partial charge in [0.05, 0.1) is 22.9 Å². The third-order valence-corrected chi connectivity index (χ3v) is 6.29. The number of nitrogens with one attached hydrogen (secondary N) is 1. The molecule has 1 atom stereocenters. The van der Waals surface area contributed by atoms with Gasteiger partial charge in [0.15, 0.2) is 11.5 Å². The molecule has 0 radical (unpaired) electrons. The predicted octanol–water partition coefficient (Wildman–Crippen LogP) is 4.56. The molecule has 170 valence electrons. The number of aromatic nitrogens is 4. The number of rotatable bonds is 6. The van der Waals surface area contributed by atoms with E-state index >= 15 is 0 Å². The maximum atomic E-state index is 14.0. The summed E-state index contributed by atoms with van der Waals surface area (Å²) in [6.07, 6.45) is 3.60. The molecule has 0 aliphatic carbocycles. The predicted molar refractivity (Wildman–Crippen MR) is 121 cm³/mol. The molecule has 0 fully saturated rings. The van der Waals surface area contributed by atoms with Gasteiger partial charge < -0.3 is 9.84 Å². The third-order valence-electron chi connectivity index (χ3n) is 5.48. The molecular weight excluding hydrogens is 496 g/mol. The maximum Gasteiger partial charge on any atom is 0.273 e. The second-order valence-corrected chi connectivity index (χ2v) is 8.67. The summed E-state index contributed by atoms with van der Waals surface area (Å²) in [5, 5.41) is 10.9. The molecule has 4 aromatic rings. The lowest BCUT2D eigenvalue weighted by Crippen LogP contribution is -2.40. The van der Waals surface area contributed by atoms with E-state index < -0.39 is 23.0 Å². The number of halogens is 3. The fourth-order valence-electron chi connectivity index (χ4n) is 3.40. The van der Waals surface area contributed by atoms with Gasteiger partial charge in [-0.2, -0.15) is 5.10 Å². The molecule has 10 heteroatoms. The zero-order valence-corrected chi connectivity index (χ0v) is 19.7. The molecule has 0 aliphatic heterocycles. The van der Waals surface area contributed by atoms with Crippen LogP contribution in [0.1, 0.15) is 34.2 Å². The van der Waals surface area contributed by atoms with E-state index in [1.807, 2.05) is 39.2 Å². The van der Waals surface area contributed by atoms with Crippen LogP contribution in [0.4, 0.5) is 8.78 Å². The molecule has 33 heavy (non-hydrogen) atoms. The third kappa shape index (κ3) is 4.56. The maximum absolute atomic E-state index is 14.0. The van der Waals surface area contributed by atoms with Crippen LogP contribution >= 0.6 is 15.9 Å². The first-order valence-corrected chi connectivity index (χ1v) is 10.8. The zero-order valence-electron chi connectivity index (χ0n) is 18.1. The number of amides is 1. The molecule has 1 amide bonds. The van der Waals surface area contributed by atoms with Gasteiger partial charge >= 0.3 is 0 Å². The summed E-state index contributed by atoms with van der Waals surface area (Å²) in [5.41, 5.74) is 1.87. The first-order valence-electron chi connectivity index (χ1n) is 10.0. The van der Waals surface area contributed by atoms with E-state index in [1.165, 1.54) is 12.1 Å². The highest BCUT2D eigenvalue weighted by atomic mass is 79.9. The Morgan fingerprint density at radius 2 is 2.03 bits per heavy atom. The van der Waals surface area contributed by atoms with E-state index in [4.69, 9.17) is 4.52 Å².